The van der Waals surface area contributed by atoms with Gasteiger partial charge < -0.3 is 15.2 Å². The van der Waals surface area contributed by atoms with Gasteiger partial charge in [-0.3, -0.25) is 4.79 Å². The SMILES string of the molecule is CNc1ccc(C(=O)NCc2nccn2C)nn1. The van der Waals surface area contributed by atoms with Gasteiger partial charge in [0, 0.05) is 26.5 Å². The smallest absolute Gasteiger partial charge is 0.272 e. The molecule has 0 radical (unpaired) electrons. The average Bonchev–Trinajstić information content (AvgIpc) is 2.81. The lowest BCUT2D eigenvalue weighted by Crippen LogP contribution is -2.25. The van der Waals surface area contributed by atoms with Gasteiger partial charge in [-0.15, -0.1) is 10.2 Å². The summed E-state index contributed by atoms with van der Waals surface area (Å²) in [4.78, 5) is 15.9. The third kappa shape index (κ3) is 2.62. The molecular formula is C11H14N6O. The van der Waals surface area contributed by atoms with Gasteiger partial charge in [-0.05, 0) is 12.1 Å². The number of hydrogen-bond acceptors (Lipinski definition) is 5. The van der Waals surface area contributed by atoms with Gasteiger partial charge in [-0.25, -0.2) is 4.98 Å². The van der Waals surface area contributed by atoms with Crippen LogP contribution in [0.1, 0.15) is 16.3 Å². The fourth-order valence-electron chi connectivity index (χ4n) is 1.40. The molecule has 0 aromatic carbocycles. The fourth-order valence-corrected chi connectivity index (χ4v) is 1.40. The maximum atomic E-state index is 11.8. The van der Waals surface area contributed by atoms with E-state index < -0.39 is 0 Å². The van der Waals surface area contributed by atoms with Gasteiger partial charge in [0.25, 0.3) is 5.91 Å². The van der Waals surface area contributed by atoms with Crippen LogP contribution in [0.5, 0.6) is 0 Å². The summed E-state index contributed by atoms with van der Waals surface area (Å²) in [6.07, 6.45) is 3.51. The van der Waals surface area contributed by atoms with Crippen LogP contribution in [-0.2, 0) is 13.6 Å². The van der Waals surface area contributed by atoms with E-state index in [1.165, 1.54) is 0 Å². The molecule has 0 atom stereocenters. The van der Waals surface area contributed by atoms with E-state index in [2.05, 4.69) is 25.8 Å². The van der Waals surface area contributed by atoms with E-state index in [0.717, 1.165) is 5.82 Å². The van der Waals surface area contributed by atoms with E-state index in [1.807, 2.05) is 17.8 Å². The van der Waals surface area contributed by atoms with Gasteiger partial charge in [0.15, 0.2) is 5.69 Å². The van der Waals surface area contributed by atoms with Crippen molar-refractivity contribution in [2.75, 3.05) is 12.4 Å². The molecule has 0 saturated carbocycles. The fraction of sp³-hybridized carbons (Fsp3) is 0.273. The van der Waals surface area contributed by atoms with Gasteiger partial charge in [-0.2, -0.15) is 0 Å². The van der Waals surface area contributed by atoms with Crippen molar-refractivity contribution in [1.82, 2.24) is 25.1 Å². The summed E-state index contributed by atoms with van der Waals surface area (Å²) in [5, 5.41) is 13.2. The molecule has 94 valence electrons. The summed E-state index contributed by atoms with van der Waals surface area (Å²) in [5.41, 5.74) is 0.281. The summed E-state index contributed by atoms with van der Waals surface area (Å²) in [6.45, 7) is 0.359. The minimum absolute atomic E-state index is 0.270. The van der Waals surface area contributed by atoms with Gasteiger partial charge in [0.05, 0.1) is 6.54 Å². The first-order valence-corrected chi connectivity index (χ1v) is 5.46. The van der Waals surface area contributed by atoms with Crippen LogP contribution in [0.3, 0.4) is 0 Å². The van der Waals surface area contributed by atoms with Crippen LogP contribution in [0, 0.1) is 0 Å². The van der Waals surface area contributed by atoms with E-state index >= 15 is 0 Å². The largest absolute Gasteiger partial charge is 0.372 e. The van der Waals surface area contributed by atoms with Crippen molar-refractivity contribution in [1.29, 1.82) is 0 Å². The zero-order valence-corrected chi connectivity index (χ0v) is 10.2. The Morgan fingerprint density at radius 2 is 2.22 bits per heavy atom. The number of hydrogen-bond donors (Lipinski definition) is 2. The van der Waals surface area contributed by atoms with Crippen LogP contribution in [0.4, 0.5) is 5.82 Å². The maximum absolute atomic E-state index is 11.8. The molecule has 0 fully saturated rings. The Morgan fingerprint density at radius 1 is 1.39 bits per heavy atom. The summed E-state index contributed by atoms with van der Waals surface area (Å²) < 4.78 is 1.84. The lowest BCUT2D eigenvalue weighted by Gasteiger charge is -2.04. The number of carbonyl (C=O) groups is 1. The normalized spacial score (nSPS) is 10.1. The highest BCUT2D eigenvalue weighted by Gasteiger charge is 2.08. The van der Waals surface area contributed by atoms with Gasteiger partial charge >= 0.3 is 0 Å². The molecule has 2 aromatic rings. The Labute approximate surface area is 104 Å². The topological polar surface area (TPSA) is 84.7 Å². The van der Waals surface area contributed by atoms with Crippen molar-refractivity contribution in [3.8, 4) is 0 Å². The van der Waals surface area contributed by atoms with Crippen molar-refractivity contribution >= 4 is 11.7 Å². The zero-order chi connectivity index (χ0) is 13.0. The van der Waals surface area contributed by atoms with Crippen molar-refractivity contribution in [2.24, 2.45) is 7.05 Å². The van der Waals surface area contributed by atoms with Crippen LogP contribution < -0.4 is 10.6 Å². The van der Waals surface area contributed by atoms with Crippen LogP contribution in [0.15, 0.2) is 24.5 Å². The lowest BCUT2D eigenvalue weighted by molar-refractivity contribution is 0.0943. The molecule has 7 heteroatoms. The molecule has 0 spiro atoms. The Morgan fingerprint density at radius 3 is 2.78 bits per heavy atom. The second-order valence-electron chi connectivity index (χ2n) is 3.69. The Kier molecular flexibility index (Phi) is 3.52. The van der Waals surface area contributed by atoms with Crippen LogP contribution in [0.2, 0.25) is 0 Å². The number of aromatic nitrogens is 4. The van der Waals surface area contributed by atoms with Gasteiger partial charge in [-0.1, -0.05) is 0 Å². The second kappa shape index (κ2) is 5.26. The summed E-state index contributed by atoms with van der Waals surface area (Å²) >= 11 is 0. The monoisotopic (exact) mass is 246 g/mol. The molecule has 2 rings (SSSR count). The first-order chi connectivity index (χ1) is 8.70. The third-order valence-corrected chi connectivity index (χ3v) is 2.48. The van der Waals surface area contributed by atoms with E-state index in [-0.39, 0.29) is 11.6 Å². The van der Waals surface area contributed by atoms with Gasteiger partial charge in [0.1, 0.15) is 11.6 Å². The summed E-state index contributed by atoms with van der Waals surface area (Å²) in [7, 11) is 3.61. The van der Waals surface area contributed by atoms with E-state index in [4.69, 9.17) is 0 Å². The van der Waals surface area contributed by atoms with Crippen molar-refractivity contribution in [3.63, 3.8) is 0 Å². The lowest BCUT2D eigenvalue weighted by atomic mass is 10.3. The molecule has 0 bridgehead atoms. The number of carbonyl (C=O) groups excluding carboxylic acids is 1. The number of nitrogens with zero attached hydrogens (tertiary/aromatic N) is 4. The molecule has 18 heavy (non-hydrogen) atoms. The van der Waals surface area contributed by atoms with E-state index in [0.29, 0.717) is 12.4 Å². The standard InChI is InChI=1S/C11H14N6O/c1-12-9-4-3-8(15-16-9)11(18)14-7-10-13-5-6-17(10)2/h3-6H,7H2,1-2H3,(H,12,16)(H,14,18). The molecule has 0 aliphatic rings. The number of amides is 1. The molecule has 0 aliphatic carbocycles. The molecule has 1 amide bonds. The first-order valence-electron chi connectivity index (χ1n) is 5.46. The number of aryl methyl sites for hydroxylation is 1. The van der Waals surface area contributed by atoms with Crippen LogP contribution in [0.25, 0.3) is 0 Å². The molecule has 0 aliphatic heterocycles. The Bertz CT molecular complexity index is 533. The van der Waals surface area contributed by atoms with Crippen molar-refractivity contribution in [3.05, 3.63) is 36.0 Å². The predicted molar refractivity (Wildman–Crippen MR) is 66.0 cm³/mol. The summed E-state index contributed by atoms with van der Waals surface area (Å²) in [5.74, 6) is 1.13. The molecular weight excluding hydrogens is 232 g/mol. The molecule has 0 unspecified atom stereocenters. The highest BCUT2D eigenvalue weighted by Crippen LogP contribution is 2.01. The molecule has 2 N–H and O–H groups in total. The minimum atomic E-state index is -0.270. The molecule has 0 saturated heterocycles. The predicted octanol–water partition coefficient (Wildman–Crippen LogP) is 0.182. The van der Waals surface area contributed by atoms with Crippen LogP contribution >= 0.6 is 0 Å². The number of nitrogens with one attached hydrogen (secondary N) is 2. The molecule has 2 heterocycles. The number of rotatable bonds is 4. The summed E-state index contributed by atoms with van der Waals surface area (Å²) in [6, 6.07) is 3.31. The van der Waals surface area contributed by atoms with Crippen LogP contribution in [-0.4, -0.2) is 32.7 Å². The van der Waals surface area contributed by atoms with Crippen molar-refractivity contribution in [2.45, 2.75) is 6.54 Å². The molecule has 2 aromatic heterocycles. The van der Waals surface area contributed by atoms with E-state index in [1.54, 1.807) is 25.4 Å². The average molecular weight is 246 g/mol. The maximum Gasteiger partial charge on any atom is 0.272 e. The van der Waals surface area contributed by atoms with Gasteiger partial charge in [0.2, 0.25) is 0 Å². The van der Waals surface area contributed by atoms with Crippen molar-refractivity contribution < 1.29 is 4.79 Å². The molecule has 7 nitrogen and oxygen atoms in total. The quantitative estimate of drug-likeness (QED) is 0.804. The zero-order valence-electron chi connectivity index (χ0n) is 10.2. The minimum Gasteiger partial charge on any atom is -0.372 e. The first kappa shape index (κ1) is 12.0. The Hall–Kier alpha value is -2.44. The Balaban J connectivity index is 1.97. The van der Waals surface area contributed by atoms with E-state index in [9.17, 15) is 4.79 Å². The number of imidazole rings is 1. The third-order valence-electron chi connectivity index (χ3n) is 2.48. The number of anilines is 1. The highest BCUT2D eigenvalue weighted by molar-refractivity contribution is 5.92. The highest BCUT2D eigenvalue weighted by atomic mass is 16.1. The second-order valence-corrected chi connectivity index (χ2v) is 3.69.